The highest BCUT2D eigenvalue weighted by Crippen LogP contribution is 2.34. The lowest BCUT2D eigenvalue weighted by Crippen LogP contribution is -2.15. The van der Waals surface area contributed by atoms with Crippen LogP contribution in [0.3, 0.4) is 0 Å². The van der Waals surface area contributed by atoms with Crippen molar-refractivity contribution < 1.29 is 18.7 Å². The highest BCUT2D eigenvalue weighted by atomic mass is 32.1. The van der Waals surface area contributed by atoms with Crippen molar-refractivity contribution in [3.05, 3.63) is 51.1 Å². The molecule has 0 saturated heterocycles. The summed E-state index contributed by atoms with van der Waals surface area (Å²) in [6.45, 7) is 9.65. The number of fused-ring (bicyclic) bond motifs is 1. The number of carbonyl (C=O) groups excluding carboxylic acids is 2. The van der Waals surface area contributed by atoms with Gasteiger partial charge in [-0.2, -0.15) is 0 Å². The Morgan fingerprint density at radius 3 is 2.58 bits per heavy atom. The summed E-state index contributed by atoms with van der Waals surface area (Å²) in [6, 6.07) is 5.80. The zero-order valence-corrected chi connectivity index (χ0v) is 16.3. The van der Waals surface area contributed by atoms with E-state index in [-0.39, 0.29) is 18.3 Å². The molecule has 3 aromatic rings. The van der Waals surface area contributed by atoms with E-state index < -0.39 is 5.97 Å². The number of rotatable bonds is 4. The lowest BCUT2D eigenvalue weighted by Gasteiger charge is -2.06. The molecule has 2 heterocycles. The minimum absolute atomic E-state index is 0.254. The van der Waals surface area contributed by atoms with E-state index in [4.69, 9.17) is 9.15 Å². The van der Waals surface area contributed by atoms with E-state index in [1.165, 1.54) is 11.3 Å². The summed E-state index contributed by atoms with van der Waals surface area (Å²) in [4.78, 5) is 26.0. The summed E-state index contributed by atoms with van der Waals surface area (Å²) < 4.78 is 10.9. The molecule has 3 rings (SSSR count). The van der Waals surface area contributed by atoms with Crippen LogP contribution in [0.2, 0.25) is 0 Å². The Morgan fingerprint density at radius 2 is 1.88 bits per heavy atom. The summed E-state index contributed by atoms with van der Waals surface area (Å²) in [5.41, 5.74) is 3.78. The molecule has 0 aliphatic carbocycles. The van der Waals surface area contributed by atoms with Gasteiger partial charge in [0.2, 0.25) is 0 Å². The van der Waals surface area contributed by atoms with Crippen LogP contribution < -0.4 is 5.32 Å². The Labute approximate surface area is 156 Å². The molecular weight excluding hydrogens is 350 g/mol. The second-order valence-electron chi connectivity index (χ2n) is 6.22. The molecule has 0 atom stereocenters. The topological polar surface area (TPSA) is 68.5 Å². The van der Waals surface area contributed by atoms with Gasteiger partial charge in [0.15, 0.2) is 5.76 Å². The normalized spacial score (nSPS) is 11.0. The van der Waals surface area contributed by atoms with Crippen LogP contribution in [-0.2, 0) is 4.74 Å². The zero-order chi connectivity index (χ0) is 19.0. The van der Waals surface area contributed by atoms with E-state index in [1.807, 2.05) is 45.9 Å². The molecule has 136 valence electrons. The Morgan fingerprint density at radius 1 is 1.15 bits per heavy atom. The molecule has 0 spiro atoms. The van der Waals surface area contributed by atoms with Crippen molar-refractivity contribution in [1.82, 2.24) is 0 Å². The Balaban J connectivity index is 1.97. The number of ether oxygens (including phenoxy) is 1. The van der Waals surface area contributed by atoms with Gasteiger partial charge in [0.25, 0.3) is 5.91 Å². The maximum atomic E-state index is 12.8. The van der Waals surface area contributed by atoms with Gasteiger partial charge in [-0.05, 0) is 52.3 Å². The van der Waals surface area contributed by atoms with Crippen molar-refractivity contribution >= 4 is 39.2 Å². The maximum Gasteiger partial charge on any atom is 0.341 e. The van der Waals surface area contributed by atoms with Gasteiger partial charge in [-0.1, -0.05) is 11.6 Å². The van der Waals surface area contributed by atoms with Crippen molar-refractivity contribution in [2.24, 2.45) is 0 Å². The molecule has 26 heavy (non-hydrogen) atoms. The average molecular weight is 371 g/mol. The molecule has 5 nitrogen and oxygen atoms in total. The number of esters is 1. The van der Waals surface area contributed by atoms with Crippen molar-refractivity contribution in [2.75, 3.05) is 11.9 Å². The van der Waals surface area contributed by atoms with E-state index in [2.05, 4.69) is 5.32 Å². The molecule has 0 unspecified atom stereocenters. The molecular formula is C20H21NO4S. The molecule has 0 bridgehead atoms. The third-order valence-electron chi connectivity index (χ3n) is 4.39. The van der Waals surface area contributed by atoms with Crippen LogP contribution in [0.15, 0.2) is 22.6 Å². The molecule has 0 radical (unpaired) electrons. The first-order valence-corrected chi connectivity index (χ1v) is 9.23. The van der Waals surface area contributed by atoms with Gasteiger partial charge >= 0.3 is 5.97 Å². The number of nitrogens with one attached hydrogen (secondary N) is 1. The molecule has 1 N–H and O–H groups in total. The highest BCUT2D eigenvalue weighted by molar-refractivity contribution is 7.16. The molecule has 0 saturated carbocycles. The van der Waals surface area contributed by atoms with E-state index >= 15 is 0 Å². The molecule has 0 aliphatic heterocycles. The van der Waals surface area contributed by atoms with Crippen molar-refractivity contribution in [2.45, 2.75) is 34.6 Å². The number of anilines is 1. The van der Waals surface area contributed by atoms with E-state index in [1.54, 1.807) is 6.92 Å². The number of aryl methyl sites for hydroxylation is 3. The number of amides is 1. The highest BCUT2D eigenvalue weighted by Gasteiger charge is 2.24. The zero-order valence-electron chi connectivity index (χ0n) is 15.5. The second kappa shape index (κ2) is 6.96. The molecule has 6 heteroatoms. The van der Waals surface area contributed by atoms with E-state index in [0.717, 1.165) is 27.0 Å². The smallest absolute Gasteiger partial charge is 0.341 e. The average Bonchev–Trinajstić information content (AvgIpc) is 3.05. The largest absolute Gasteiger partial charge is 0.462 e. The predicted molar refractivity (Wildman–Crippen MR) is 103 cm³/mol. The van der Waals surface area contributed by atoms with Crippen molar-refractivity contribution in [3.8, 4) is 0 Å². The standard InChI is InChI=1S/C20H21NO4S/c1-6-24-20(23)16-11(3)13(5)26-19(16)21-18(22)17-12(4)14-9-10(2)7-8-15(14)25-17/h7-9H,6H2,1-5H3,(H,21,22). The summed E-state index contributed by atoms with van der Waals surface area (Å²) in [7, 11) is 0. The number of hydrogen-bond donors (Lipinski definition) is 1. The van der Waals surface area contributed by atoms with Gasteiger partial charge < -0.3 is 14.5 Å². The molecule has 1 amide bonds. The van der Waals surface area contributed by atoms with E-state index in [9.17, 15) is 9.59 Å². The summed E-state index contributed by atoms with van der Waals surface area (Å²) in [5.74, 6) is -0.547. The Kier molecular flexibility index (Phi) is 4.87. The number of hydrogen-bond acceptors (Lipinski definition) is 5. The summed E-state index contributed by atoms with van der Waals surface area (Å²) in [5, 5.41) is 4.23. The minimum Gasteiger partial charge on any atom is -0.462 e. The maximum absolute atomic E-state index is 12.8. The molecule has 1 aromatic carbocycles. The van der Waals surface area contributed by atoms with Crippen LogP contribution in [0.1, 0.15) is 49.4 Å². The summed E-state index contributed by atoms with van der Waals surface area (Å²) in [6.07, 6.45) is 0. The fourth-order valence-corrected chi connectivity index (χ4v) is 3.92. The van der Waals surface area contributed by atoms with Gasteiger partial charge in [0.05, 0.1) is 12.2 Å². The Bertz CT molecular complexity index is 1010. The van der Waals surface area contributed by atoms with Crippen LogP contribution >= 0.6 is 11.3 Å². The fraction of sp³-hybridized carbons (Fsp3) is 0.300. The van der Waals surface area contributed by atoms with Crippen LogP contribution in [0.5, 0.6) is 0 Å². The molecule has 2 aromatic heterocycles. The molecule has 0 fully saturated rings. The van der Waals surface area contributed by atoms with Gasteiger partial charge in [0, 0.05) is 15.8 Å². The predicted octanol–water partition coefficient (Wildman–Crippen LogP) is 5.16. The van der Waals surface area contributed by atoms with Gasteiger partial charge in [0.1, 0.15) is 10.6 Å². The first-order chi connectivity index (χ1) is 12.3. The Hall–Kier alpha value is -2.60. The van der Waals surface area contributed by atoms with Gasteiger partial charge in [-0.25, -0.2) is 4.79 Å². The first kappa shape index (κ1) is 18.2. The molecule has 0 aliphatic rings. The lowest BCUT2D eigenvalue weighted by molar-refractivity contribution is 0.0527. The fourth-order valence-electron chi connectivity index (χ4n) is 2.88. The third-order valence-corrected chi connectivity index (χ3v) is 5.51. The number of furan rings is 1. The lowest BCUT2D eigenvalue weighted by atomic mass is 10.1. The number of thiophene rings is 1. The van der Waals surface area contributed by atoms with Gasteiger partial charge in [-0.3, -0.25) is 4.79 Å². The monoisotopic (exact) mass is 371 g/mol. The van der Waals surface area contributed by atoms with Crippen LogP contribution in [0.25, 0.3) is 11.0 Å². The number of benzene rings is 1. The number of carbonyl (C=O) groups is 2. The van der Waals surface area contributed by atoms with Crippen LogP contribution in [0, 0.1) is 27.7 Å². The van der Waals surface area contributed by atoms with Gasteiger partial charge in [-0.15, -0.1) is 11.3 Å². The van der Waals surface area contributed by atoms with Crippen LogP contribution in [0.4, 0.5) is 5.00 Å². The SMILES string of the molecule is CCOC(=O)c1c(NC(=O)c2oc3ccc(C)cc3c2C)sc(C)c1C. The first-order valence-electron chi connectivity index (χ1n) is 8.41. The quantitative estimate of drug-likeness (QED) is 0.644. The minimum atomic E-state index is -0.429. The second-order valence-corrected chi connectivity index (χ2v) is 7.44. The van der Waals surface area contributed by atoms with Crippen molar-refractivity contribution in [3.63, 3.8) is 0 Å². The van der Waals surface area contributed by atoms with Crippen molar-refractivity contribution in [1.29, 1.82) is 0 Å². The van der Waals surface area contributed by atoms with Crippen LogP contribution in [-0.4, -0.2) is 18.5 Å². The summed E-state index contributed by atoms with van der Waals surface area (Å²) >= 11 is 1.36. The van der Waals surface area contributed by atoms with E-state index in [0.29, 0.717) is 16.1 Å². The third kappa shape index (κ3) is 3.12.